The molecule has 128 valence electrons. The molecule has 0 bridgehead atoms. The van der Waals surface area contributed by atoms with E-state index in [-0.39, 0.29) is 11.9 Å². The molecule has 1 heterocycles. The Balaban J connectivity index is 1.62. The summed E-state index contributed by atoms with van der Waals surface area (Å²) in [6, 6.07) is 15.3. The first-order valence-corrected chi connectivity index (χ1v) is 8.47. The highest BCUT2D eigenvalue weighted by atomic mass is 19.1. The third-order valence-electron chi connectivity index (χ3n) is 4.62. The molecule has 2 aromatic carbocycles. The minimum atomic E-state index is -0.177. The Labute approximate surface area is 143 Å². The molecule has 2 atom stereocenters. The minimum absolute atomic E-state index is 0.176. The standard InChI is InChI=1S/C20H25FN2O/c1-24-20-7-5-15(6-8-20)9-17-11-19(22)14-23(13-17)12-16-3-2-4-18(21)10-16/h2-8,10,17,19H,9,11-14,22H2,1H3. The van der Waals surface area contributed by atoms with Crippen LogP contribution in [0.1, 0.15) is 17.5 Å². The van der Waals surface area contributed by atoms with Crippen LogP contribution >= 0.6 is 0 Å². The highest BCUT2D eigenvalue weighted by Crippen LogP contribution is 2.23. The summed E-state index contributed by atoms with van der Waals surface area (Å²) >= 11 is 0. The van der Waals surface area contributed by atoms with Crippen LogP contribution in [0.3, 0.4) is 0 Å². The lowest BCUT2D eigenvalue weighted by atomic mass is 9.89. The predicted molar refractivity (Wildman–Crippen MR) is 94.5 cm³/mol. The van der Waals surface area contributed by atoms with E-state index in [4.69, 9.17) is 10.5 Å². The van der Waals surface area contributed by atoms with Gasteiger partial charge in [-0.2, -0.15) is 0 Å². The zero-order chi connectivity index (χ0) is 16.9. The van der Waals surface area contributed by atoms with Crippen molar-refractivity contribution in [1.29, 1.82) is 0 Å². The molecule has 0 aromatic heterocycles. The van der Waals surface area contributed by atoms with E-state index in [1.54, 1.807) is 19.2 Å². The minimum Gasteiger partial charge on any atom is -0.497 e. The molecule has 0 radical (unpaired) electrons. The number of nitrogens with zero attached hydrogens (tertiary/aromatic N) is 1. The van der Waals surface area contributed by atoms with Crippen LogP contribution in [0.2, 0.25) is 0 Å². The summed E-state index contributed by atoms with van der Waals surface area (Å²) in [6.07, 6.45) is 2.04. The smallest absolute Gasteiger partial charge is 0.123 e. The van der Waals surface area contributed by atoms with Gasteiger partial charge in [0, 0.05) is 25.7 Å². The molecule has 1 saturated heterocycles. The fraction of sp³-hybridized carbons (Fsp3) is 0.400. The van der Waals surface area contributed by atoms with Crippen LogP contribution in [-0.4, -0.2) is 31.1 Å². The van der Waals surface area contributed by atoms with Gasteiger partial charge in [0.15, 0.2) is 0 Å². The Kier molecular flexibility index (Phi) is 5.48. The zero-order valence-electron chi connectivity index (χ0n) is 14.1. The predicted octanol–water partition coefficient (Wildman–Crippen LogP) is 3.23. The number of likely N-dealkylation sites (tertiary alicyclic amines) is 1. The molecule has 1 aliphatic rings. The van der Waals surface area contributed by atoms with Crippen LogP contribution in [0.5, 0.6) is 5.75 Å². The Bertz CT molecular complexity index is 659. The van der Waals surface area contributed by atoms with Gasteiger partial charge in [0.05, 0.1) is 7.11 Å². The molecule has 3 rings (SSSR count). The largest absolute Gasteiger partial charge is 0.497 e. The molecule has 2 unspecified atom stereocenters. The number of halogens is 1. The molecule has 1 fully saturated rings. The molecule has 0 amide bonds. The molecule has 0 spiro atoms. The maximum Gasteiger partial charge on any atom is 0.123 e. The summed E-state index contributed by atoms with van der Waals surface area (Å²) in [5, 5.41) is 0. The number of ether oxygens (including phenoxy) is 1. The Morgan fingerprint density at radius 3 is 2.62 bits per heavy atom. The van der Waals surface area contributed by atoms with Gasteiger partial charge in [-0.25, -0.2) is 4.39 Å². The van der Waals surface area contributed by atoms with Crippen LogP contribution in [-0.2, 0) is 13.0 Å². The van der Waals surface area contributed by atoms with E-state index in [0.29, 0.717) is 5.92 Å². The van der Waals surface area contributed by atoms with E-state index in [1.165, 1.54) is 11.6 Å². The first-order valence-electron chi connectivity index (χ1n) is 8.47. The number of benzene rings is 2. The number of rotatable bonds is 5. The fourth-order valence-electron chi connectivity index (χ4n) is 3.61. The van der Waals surface area contributed by atoms with Crippen molar-refractivity contribution < 1.29 is 9.13 Å². The van der Waals surface area contributed by atoms with Gasteiger partial charge in [-0.15, -0.1) is 0 Å². The number of nitrogens with two attached hydrogens (primary N) is 1. The van der Waals surface area contributed by atoms with Crippen LogP contribution < -0.4 is 10.5 Å². The lowest BCUT2D eigenvalue weighted by molar-refractivity contribution is 0.149. The Morgan fingerprint density at radius 2 is 1.92 bits per heavy atom. The number of hydrogen-bond donors (Lipinski definition) is 1. The molecular weight excluding hydrogens is 303 g/mol. The molecule has 2 aromatic rings. The van der Waals surface area contributed by atoms with Crippen LogP contribution in [0.15, 0.2) is 48.5 Å². The second kappa shape index (κ2) is 7.77. The summed E-state index contributed by atoms with van der Waals surface area (Å²) in [4.78, 5) is 2.34. The van der Waals surface area contributed by atoms with Gasteiger partial charge in [0.2, 0.25) is 0 Å². The number of methoxy groups -OCH3 is 1. The van der Waals surface area contributed by atoms with E-state index >= 15 is 0 Å². The third-order valence-corrected chi connectivity index (χ3v) is 4.62. The van der Waals surface area contributed by atoms with Gasteiger partial charge in [-0.3, -0.25) is 4.90 Å². The molecule has 0 saturated carbocycles. The number of hydrogen-bond acceptors (Lipinski definition) is 3. The van der Waals surface area contributed by atoms with Crippen molar-refractivity contribution in [1.82, 2.24) is 4.90 Å². The lowest BCUT2D eigenvalue weighted by Crippen LogP contribution is -2.47. The third kappa shape index (κ3) is 4.56. The van der Waals surface area contributed by atoms with E-state index in [1.807, 2.05) is 18.2 Å². The molecule has 1 aliphatic heterocycles. The monoisotopic (exact) mass is 328 g/mol. The molecule has 24 heavy (non-hydrogen) atoms. The summed E-state index contributed by atoms with van der Waals surface area (Å²) in [6.45, 7) is 2.62. The maximum atomic E-state index is 13.4. The molecule has 0 aliphatic carbocycles. The van der Waals surface area contributed by atoms with Crippen molar-refractivity contribution in [3.8, 4) is 5.75 Å². The quantitative estimate of drug-likeness (QED) is 0.916. The topological polar surface area (TPSA) is 38.5 Å². The molecule has 4 heteroatoms. The summed E-state index contributed by atoms with van der Waals surface area (Å²) in [5.74, 6) is 1.23. The second-order valence-corrected chi connectivity index (χ2v) is 6.74. The maximum absolute atomic E-state index is 13.4. The lowest BCUT2D eigenvalue weighted by Gasteiger charge is -2.36. The summed E-state index contributed by atoms with van der Waals surface area (Å²) < 4.78 is 18.6. The van der Waals surface area contributed by atoms with Crippen molar-refractivity contribution in [3.63, 3.8) is 0 Å². The van der Waals surface area contributed by atoms with Crippen molar-refractivity contribution in [2.45, 2.75) is 25.4 Å². The van der Waals surface area contributed by atoms with Crippen LogP contribution in [0, 0.1) is 11.7 Å². The number of piperidine rings is 1. The van der Waals surface area contributed by atoms with Crippen molar-refractivity contribution >= 4 is 0 Å². The van der Waals surface area contributed by atoms with Gasteiger partial charge in [-0.1, -0.05) is 24.3 Å². The van der Waals surface area contributed by atoms with Crippen molar-refractivity contribution in [3.05, 3.63) is 65.5 Å². The molecule has 3 nitrogen and oxygen atoms in total. The van der Waals surface area contributed by atoms with Gasteiger partial charge in [-0.05, 0) is 54.2 Å². The van der Waals surface area contributed by atoms with Crippen LogP contribution in [0.4, 0.5) is 4.39 Å². The van der Waals surface area contributed by atoms with Gasteiger partial charge in [0.25, 0.3) is 0 Å². The highest BCUT2D eigenvalue weighted by molar-refractivity contribution is 5.27. The average molecular weight is 328 g/mol. The van der Waals surface area contributed by atoms with E-state index in [9.17, 15) is 4.39 Å². The second-order valence-electron chi connectivity index (χ2n) is 6.74. The van der Waals surface area contributed by atoms with Crippen molar-refractivity contribution in [2.24, 2.45) is 11.7 Å². The van der Waals surface area contributed by atoms with Crippen LogP contribution in [0.25, 0.3) is 0 Å². The normalized spacial score (nSPS) is 21.6. The fourth-order valence-corrected chi connectivity index (χ4v) is 3.61. The van der Waals surface area contributed by atoms with E-state index in [0.717, 1.165) is 43.8 Å². The summed E-state index contributed by atoms with van der Waals surface area (Å²) in [5.41, 5.74) is 8.58. The van der Waals surface area contributed by atoms with E-state index in [2.05, 4.69) is 17.0 Å². The Morgan fingerprint density at radius 1 is 1.12 bits per heavy atom. The van der Waals surface area contributed by atoms with Crippen molar-refractivity contribution in [2.75, 3.05) is 20.2 Å². The summed E-state index contributed by atoms with van der Waals surface area (Å²) in [7, 11) is 1.68. The molecular formula is C20H25FN2O. The zero-order valence-corrected chi connectivity index (χ0v) is 14.1. The molecule has 2 N–H and O–H groups in total. The average Bonchev–Trinajstić information content (AvgIpc) is 2.55. The van der Waals surface area contributed by atoms with Gasteiger partial charge >= 0.3 is 0 Å². The van der Waals surface area contributed by atoms with E-state index < -0.39 is 0 Å². The van der Waals surface area contributed by atoms with Gasteiger partial charge < -0.3 is 10.5 Å². The van der Waals surface area contributed by atoms with Gasteiger partial charge in [0.1, 0.15) is 11.6 Å². The SMILES string of the molecule is COc1ccc(CC2CC(N)CN(Cc3cccc(F)c3)C2)cc1. The highest BCUT2D eigenvalue weighted by Gasteiger charge is 2.25. The first kappa shape index (κ1) is 16.9. The first-order chi connectivity index (χ1) is 11.6. The Hall–Kier alpha value is -1.91.